The Hall–Kier alpha value is -2.42. The number of ketones is 2. The molecule has 1 aromatic heterocycles. The van der Waals surface area contributed by atoms with Crippen LogP contribution >= 0.6 is 11.3 Å². The quantitative estimate of drug-likeness (QED) is 0.236. The van der Waals surface area contributed by atoms with Gasteiger partial charge < -0.3 is 10.2 Å². The fraction of sp³-hybridized carbons (Fsp3) is 0.657. The number of aromatic nitrogens is 1. The zero-order valence-corrected chi connectivity index (χ0v) is 27.5. The van der Waals surface area contributed by atoms with Crippen molar-refractivity contribution in [2.45, 2.75) is 96.9 Å². The first-order chi connectivity index (χ1) is 20.7. The summed E-state index contributed by atoms with van der Waals surface area (Å²) < 4.78 is 1.13. The molecular formula is C35H52N4O3S. The van der Waals surface area contributed by atoms with Crippen molar-refractivity contribution in [3.63, 3.8) is 0 Å². The fourth-order valence-corrected chi connectivity index (χ4v) is 7.56. The van der Waals surface area contributed by atoms with Crippen LogP contribution in [0, 0.1) is 11.8 Å². The van der Waals surface area contributed by atoms with Crippen LogP contribution in [0.25, 0.3) is 10.2 Å². The molecule has 0 bridgehead atoms. The first kappa shape index (κ1) is 33.5. The van der Waals surface area contributed by atoms with Crippen molar-refractivity contribution >= 4 is 39.0 Å². The van der Waals surface area contributed by atoms with E-state index in [1.807, 2.05) is 6.92 Å². The lowest BCUT2D eigenvalue weighted by molar-refractivity contribution is -0.130. The van der Waals surface area contributed by atoms with Crippen molar-refractivity contribution < 1.29 is 14.4 Å². The van der Waals surface area contributed by atoms with E-state index in [1.54, 1.807) is 11.3 Å². The lowest BCUT2D eigenvalue weighted by Gasteiger charge is -2.32. The Morgan fingerprint density at radius 3 is 2.53 bits per heavy atom. The van der Waals surface area contributed by atoms with E-state index in [1.165, 1.54) is 37.7 Å². The number of carbonyl (C=O) groups excluding carboxylic acids is 3. The lowest BCUT2D eigenvalue weighted by atomic mass is 9.83. The number of aryl methyl sites for hydroxylation is 1. The number of nitrogens with one attached hydrogen (secondary N) is 1. The van der Waals surface area contributed by atoms with Gasteiger partial charge in [-0.25, -0.2) is 4.98 Å². The molecule has 2 aliphatic rings. The molecule has 0 spiro atoms. The standard InChI is InChI=1S/C35H52N4O3S/c1-5-26-12-14-31-33(21-26)43-34(37-31)23-28(22-30(40)6-2)35(42)36-29(20-27-10-8-7-9-11-27)13-15-32(41)25(3)24-39-18-16-38(4)17-19-39/h12,14,21,27-29H,3,5-11,13,15-20,22-24H2,1-2,4H3,(H,36,42)/t28-,29+/m0/s1. The number of hydrogen-bond donors (Lipinski definition) is 1. The zero-order chi connectivity index (χ0) is 30.8. The molecule has 43 heavy (non-hydrogen) atoms. The summed E-state index contributed by atoms with van der Waals surface area (Å²) in [5.41, 5.74) is 2.88. The molecule has 1 amide bonds. The second-order valence-electron chi connectivity index (χ2n) is 12.9. The average Bonchev–Trinajstić information content (AvgIpc) is 3.42. The minimum absolute atomic E-state index is 0.0835. The summed E-state index contributed by atoms with van der Waals surface area (Å²) in [5.74, 6) is 0.208. The number of amides is 1. The van der Waals surface area contributed by atoms with Gasteiger partial charge in [-0.05, 0) is 49.9 Å². The number of rotatable bonds is 16. The molecule has 0 radical (unpaired) electrons. The molecule has 8 heteroatoms. The van der Waals surface area contributed by atoms with Gasteiger partial charge in [-0.3, -0.25) is 19.3 Å². The summed E-state index contributed by atoms with van der Waals surface area (Å²) >= 11 is 1.62. The molecule has 1 aliphatic heterocycles. The van der Waals surface area contributed by atoms with Crippen LogP contribution in [0.2, 0.25) is 0 Å². The van der Waals surface area contributed by atoms with Crippen molar-refractivity contribution in [1.82, 2.24) is 20.1 Å². The Kier molecular flexibility index (Phi) is 12.9. The van der Waals surface area contributed by atoms with E-state index in [4.69, 9.17) is 4.98 Å². The summed E-state index contributed by atoms with van der Waals surface area (Å²) in [5, 5.41) is 4.23. The Balaban J connectivity index is 1.41. The number of thiazole rings is 1. The van der Waals surface area contributed by atoms with Gasteiger partial charge in [0, 0.05) is 70.0 Å². The third kappa shape index (κ3) is 10.3. The summed E-state index contributed by atoms with van der Waals surface area (Å²) in [7, 11) is 2.13. The third-order valence-electron chi connectivity index (χ3n) is 9.38. The highest BCUT2D eigenvalue weighted by Gasteiger charge is 2.28. The molecule has 236 valence electrons. The van der Waals surface area contributed by atoms with E-state index in [0.717, 1.165) is 54.2 Å². The molecule has 4 rings (SSSR count). The van der Waals surface area contributed by atoms with Crippen molar-refractivity contribution in [2.75, 3.05) is 39.8 Å². The van der Waals surface area contributed by atoms with Crippen LogP contribution in [0.15, 0.2) is 30.4 Å². The predicted octanol–water partition coefficient (Wildman–Crippen LogP) is 5.99. The van der Waals surface area contributed by atoms with Crippen molar-refractivity contribution in [2.24, 2.45) is 11.8 Å². The van der Waals surface area contributed by atoms with Gasteiger partial charge in [0.2, 0.25) is 5.91 Å². The molecule has 2 fully saturated rings. The molecule has 7 nitrogen and oxygen atoms in total. The molecule has 1 saturated carbocycles. The zero-order valence-electron chi connectivity index (χ0n) is 26.7. The Bertz CT molecular complexity index is 1240. The average molecular weight is 609 g/mol. The summed E-state index contributed by atoms with van der Waals surface area (Å²) in [4.78, 5) is 49.0. The Morgan fingerprint density at radius 2 is 1.84 bits per heavy atom. The molecule has 1 aliphatic carbocycles. The van der Waals surface area contributed by atoms with Crippen LogP contribution in [0.1, 0.15) is 88.6 Å². The van der Waals surface area contributed by atoms with Gasteiger partial charge in [-0.15, -0.1) is 11.3 Å². The number of Topliss-reactive ketones (excluding diaryl/α,β-unsaturated/α-hetero) is 2. The Labute approximate surface area is 262 Å². The third-order valence-corrected chi connectivity index (χ3v) is 10.4. The lowest BCUT2D eigenvalue weighted by Crippen LogP contribution is -2.45. The highest BCUT2D eigenvalue weighted by atomic mass is 32.1. The molecule has 0 unspecified atom stereocenters. The number of fused-ring (bicyclic) bond motifs is 1. The molecule has 1 aromatic carbocycles. The van der Waals surface area contributed by atoms with E-state index in [2.05, 4.69) is 53.9 Å². The van der Waals surface area contributed by atoms with Gasteiger partial charge in [-0.1, -0.05) is 58.6 Å². The fourth-order valence-electron chi connectivity index (χ4n) is 6.45. The molecule has 2 heterocycles. The van der Waals surface area contributed by atoms with E-state index in [-0.39, 0.29) is 29.9 Å². The first-order valence-corrected chi connectivity index (χ1v) is 17.4. The number of likely N-dealkylation sites (N-methyl/N-ethyl adjacent to an activating group) is 1. The van der Waals surface area contributed by atoms with E-state index in [0.29, 0.717) is 43.7 Å². The van der Waals surface area contributed by atoms with Gasteiger partial charge in [0.05, 0.1) is 21.1 Å². The predicted molar refractivity (Wildman–Crippen MR) is 177 cm³/mol. The highest BCUT2D eigenvalue weighted by Crippen LogP contribution is 2.30. The van der Waals surface area contributed by atoms with Gasteiger partial charge in [-0.2, -0.15) is 0 Å². The van der Waals surface area contributed by atoms with E-state index in [9.17, 15) is 14.4 Å². The minimum atomic E-state index is -0.463. The van der Waals surface area contributed by atoms with E-state index < -0.39 is 5.92 Å². The molecule has 1 saturated heterocycles. The maximum atomic E-state index is 13.8. The van der Waals surface area contributed by atoms with Gasteiger partial charge in [0.1, 0.15) is 5.78 Å². The van der Waals surface area contributed by atoms with Gasteiger partial charge in [0.25, 0.3) is 0 Å². The number of carbonyl (C=O) groups is 3. The molecule has 2 aromatic rings. The smallest absolute Gasteiger partial charge is 0.224 e. The van der Waals surface area contributed by atoms with E-state index >= 15 is 0 Å². The van der Waals surface area contributed by atoms with Gasteiger partial charge in [0.15, 0.2) is 5.78 Å². The van der Waals surface area contributed by atoms with Crippen LogP contribution in [0.3, 0.4) is 0 Å². The van der Waals surface area contributed by atoms with Crippen molar-refractivity contribution in [1.29, 1.82) is 0 Å². The summed E-state index contributed by atoms with van der Waals surface area (Å²) in [6, 6.07) is 6.25. The van der Waals surface area contributed by atoms with Crippen molar-refractivity contribution in [3.05, 3.63) is 40.9 Å². The molecule has 1 N–H and O–H groups in total. The van der Waals surface area contributed by atoms with Crippen LogP contribution in [-0.2, 0) is 27.2 Å². The SMILES string of the molecule is C=C(CN1CCN(C)CC1)C(=O)CC[C@H](CC1CCCCC1)NC(=O)[C@@H](CC(=O)CC)Cc1nc2ccc(CC)cc2s1. The summed E-state index contributed by atoms with van der Waals surface area (Å²) in [6.07, 6.45) is 10.0. The normalized spacial score (nSPS) is 18.4. The number of benzene rings is 1. The largest absolute Gasteiger partial charge is 0.353 e. The van der Waals surface area contributed by atoms with Crippen LogP contribution < -0.4 is 5.32 Å². The van der Waals surface area contributed by atoms with Crippen LogP contribution in [-0.4, -0.2) is 78.1 Å². The minimum Gasteiger partial charge on any atom is -0.353 e. The number of nitrogens with zero attached hydrogens (tertiary/aromatic N) is 3. The van der Waals surface area contributed by atoms with Crippen LogP contribution in [0.4, 0.5) is 0 Å². The highest BCUT2D eigenvalue weighted by molar-refractivity contribution is 7.18. The van der Waals surface area contributed by atoms with Crippen molar-refractivity contribution in [3.8, 4) is 0 Å². The second-order valence-corrected chi connectivity index (χ2v) is 14.0. The van der Waals surface area contributed by atoms with Gasteiger partial charge >= 0.3 is 0 Å². The first-order valence-electron chi connectivity index (χ1n) is 16.6. The molecular weight excluding hydrogens is 556 g/mol. The Morgan fingerprint density at radius 1 is 1.09 bits per heavy atom. The molecule has 2 atom stereocenters. The number of piperazine rings is 1. The topological polar surface area (TPSA) is 82.6 Å². The number of hydrogen-bond acceptors (Lipinski definition) is 7. The summed E-state index contributed by atoms with van der Waals surface area (Å²) in [6.45, 7) is 12.7. The monoisotopic (exact) mass is 608 g/mol. The maximum Gasteiger partial charge on any atom is 0.224 e. The second kappa shape index (κ2) is 16.6. The van der Waals surface area contributed by atoms with Crippen LogP contribution in [0.5, 0.6) is 0 Å². The maximum absolute atomic E-state index is 13.8.